The van der Waals surface area contributed by atoms with Crippen LogP contribution in [0.4, 0.5) is 0 Å². The first-order valence-corrected chi connectivity index (χ1v) is 5.51. The lowest BCUT2D eigenvalue weighted by Crippen LogP contribution is -2.45. The molecule has 1 saturated carbocycles. The van der Waals surface area contributed by atoms with E-state index in [1.165, 1.54) is 25.7 Å². The maximum atomic E-state index is 5.92. The Morgan fingerprint density at radius 1 is 1.54 bits per heavy atom. The highest BCUT2D eigenvalue weighted by molar-refractivity contribution is 4.88. The molecule has 78 valence electrons. The molecular formula is C11H23NO. The van der Waals surface area contributed by atoms with Gasteiger partial charge in [0.15, 0.2) is 0 Å². The fraction of sp³-hybridized carbons (Fsp3) is 1.00. The third-order valence-corrected chi connectivity index (χ3v) is 3.00. The van der Waals surface area contributed by atoms with Crippen molar-refractivity contribution in [1.82, 2.24) is 5.32 Å². The Hall–Kier alpha value is -0.0800. The van der Waals surface area contributed by atoms with Crippen LogP contribution in [0, 0.1) is 5.92 Å². The number of hydrogen-bond donors (Lipinski definition) is 1. The number of likely N-dealkylation sites (N-methyl/N-ethyl adjacent to an activating group) is 1. The molecule has 1 rings (SSSR count). The van der Waals surface area contributed by atoms with Crippen molar-refractivity contribution in [1.29, 1.82) is 0 Å². The molecule has 1 aliphatic rings. The van der Waals surface area contributed by atoms with Crippen molar-refractivity contribution >= 4 is 0 Å². The third-order valence-electron chi connectivity index (χ3n) is 3.00. The van der Waals surface area contributed by atoms with Gasteiger partial charge in [-0.25, -0.2) is 0 Å². The minimum absolute atomic E-state index is 0.140. The van der Waals surface area contributed by atoms with Crippen molar-refractivity contribution in [2.45, 2.75) is 45.1 Å². The first-order chi connectivity index (χ1) is 6.22. The topological polar surface area (TPSA) is 21.3 Å². The summed E-state index contributed by atoms with van der Waals surface area (Å²) in [4.78, 5) is 0. The van der Waals surface area contributed by atoms with Crippen LogP contribution in [-0.2, 0) is 4.74 Å². The highest BCUT2D eigenvalue weighted by atomic mass is 16.5. The zero-order valence-electron chi connectivity index (χ0n) is 9.23. The Kier molecular flexibility index (Phi) is 4.20. The SMILES string of the molecule is CCOC1(CNC)CCCC(C)C1. The lowest BCUT2D eigenvalue weighted by atomic mass is 9.78. The van der Waals surface area contributed by atoms with Crippen molar-refractivity contribution in [3.63, 3.8) is 0 Å². The second-order valence-electron chi connectivity index (χ2n) is 4.35. The smallest absolute Gasteiger partial charge is 0.0808 e. The summed E-state index contributed by atoms with van der Waals surface area (Å²) in [6.07, 6.45) is 5.15. The molecule has 13 heavy (non-hydrogen) atoms. The monoisotopic (exact) mass is 185 g/mol. The molecule has 0 aromatic heterocycles. The molecule has 1 fully saturated rings. The predicted octanol–water partition coefficient (Wildman–Crippen LogP) is 2.19. The summed E-state index contributed by atoms with van der Waals surface area (Å²) in [5.41, 5.74) is 0.140. The van der Waals surface area contributed by atoms with E-state index in [1.54, 1.807) is 0 Å². The van der Waals surface area contributed by atoms with Gasteiger partial charge in [-0.1, -0.05) is 19.8 Å². The summed E-state index contributed by atoms with van der Waals surface area (Å²) in [6, 6.07) is 0. The van der Waals surface area contributed by atoms with Gasteiger partial charge >= 0.3 is 0 Å². The van der Waals surface area contributed by atoms with Gasteiger partial charge in [-0.3, -0.25) is 0 Å². The second-order valence-corrected chi connectivity index (χ2v) is 4.35. The number of ether oxygens (including phenoxy) is 1. The summed E-state index contributed by atoms with van der Waals surface area (Å²) in [5.74, 6) is 0.827. The molecule has 2 heteroatoms. The zero-order chi connectivity index (χ0) is 9.73. The van der Waals surface area contributed by atoms with Crippen LogP contribution in [0.25, 0.3) is 0 Å². The highest BCUT2D eigenvalue weighted by Crippen LogP contribution is 2.34. The molecule has 1 aliphatic carbocycles. The standard InChI is InChI=1S/C11H23NO/c1-4-13-11(9-12-3)7-5-6-10(2)8-11/h10,12H,4-9H2,1-3H3. The number of nitrogens with one attached hydrogen (secondary N) is 1. The predicted molar refractivity (Wildman–Crippen MR) is 55.9 cm³/mol. The molecule has 2 unspecified atom stereocenters. The summed E-state index contributed by atoms with van der Waals surface area (Å²) in [6.45, 7) is 6.28. The molecule has 0 heterocycles. The molecule has 1 N–H and O–H groups in total. The van der Waals surface area contributed by atoms with Crippen LogP contribution in [0.1, 0.15) is 39.5 Å². The van der Waals surface area contributed by atoms with Gasteiger partial charge in [-0.2, -0.15) is 0 Å². The van der Waals surface area contributed by atoms with Gasteiger partial charge in [0.2, 0.25) is 0 Å². The Morgan fingerprint density at radius 3 is 2.85 bits per heavy atom. The normalized spacial score (nSPS) is 34.8. The van der Waals surface area contributed by atoms with Crippen LogP contribution in [-0.4, -0.2) is 25.8 Å². The Bertz CT molecular complexity index is 136. The Balaban J connectivity index is 2.53. The van der Waals surface area contributed by atoms with Crippen LogP contribution in [0.15, 0.2) is 0 Å². The fourth-order valence-corrected chi connectivity index (χ4v) is 2.58. The maximum Gasteiger partial charge on any atom is 0.0808 e. The van der Waals surface area contributed by atoms with Crippen LogP contribution in [0.2, 0.25) is 0 Å². The summed E-state index contributed by atoms with van der Waals surface area (Å²) in [7, 11) is 2.01. The second kappa shape index (κ2) is 4.97. The van der Waals surface area contributed by atoms with Gasteiger partial charge in [0.25, 0.3) is 0 Å². The third kappa shape index (κ3) is 2.96. The highest BCUT2D eigenvalue weighted by Gasteiger charge is 2.34. The molecule has 0 saturated heterocycles. The molecular weight excluding hydrogens is 162 g/mol. The van der Waals surface area contributed by atoms with E-state index in [9.17, 15) is 0 Å². The van der Waals surface area contributed by atoms with Crippen molar-refractivity contribution in [2.75, 3.05) is 20.2 Å². The van der Waals surface area contributed by atoms with Gasteiger partial charge in [-0.05, 0) is 32.7 Å². The lowest BCUT2D eigenvalue weighted by Gasteiger charge is -2.39. The lowest BCUT2D eigenvalue weighted by molar-refractivity contribution is -0.0730. The summed E-state index contributed by atoms with van der Waals surface area (Å²) in [5, 5.41) is 3.26. The van der Waals surface area contributed by atoms with Gasteiger partial charge < -0.3 is 10.1 Å². The Labute approximate surface area is 82.0 Å². The number of rotatable bonds is 4. The summed E-state index contributed by atoms with van der Waals surface area (Å²) >= 11 is 0. The van der Waals surface area contributed by atoms with Gasteiger partial charge in [0.1, 0.15) is 0 Å². The first-order valence-electron chi connectivity index (χ1n) is 5.51. The van der Waals surface area contributed by atoms with Crippen LogP contribution >= 0.6 is 0 Å². The first kappa shape index (κ1) is 11.0. The van der Waals surface area contributed by atoms with Crippen LogP contribution < -0.4 is 5.32 Å². The van der Waals surface area contributed by atoms with Gasteiger partial charge in [0, 0.05) is 13.2 Å². The van der Waals surface area contributed by atoms with Crippen molar-refractivity contribution in [3.05, 3.63) is 0 Å². The quantitative estimate of drug-likeness (QED) is 0.725. The van der Waals surface area contributed by atoms with Gasteiger partial charge in [-0.15, -0.1) is 0 Å². The average molecular weight is 185 g/mol. The van der Waals surface area contributed by atoms with E-state index >= 15 is 0 Å². The minimum Gasteiger partial charge on any atom is -0.374 e. The van der Waals surface area contributed by atoms with Crippen LogP contribution in [0.3, 0.4) is 0 Å². The average Bonchev–Trinajstić information content (AvgIpc) is 2.04. The molecule has 2 nitrogen and oxygen atoms in total. The van der Waals surface area contributed by atoms with E-state index < -0.39 is 0 Å². The van der Waals surface area contributed by atoms with Gasteiger partial charge in [0.05, 0.1) is 5.60 Å². The van der Waals surface area contributed by atoms with Crippen molar-refractivity contribution in [2.24, 2.45) is 5.92 Å². The number of hydrogen-bond acceptors (Lipinski definition) is 2. The summed E-state index contributed by atoms with van der Waals surface area (Å²) < 4.78 is 5.92. The molecule has 0 aliphatic heterocycles. The largest absolute Gasteiger partial charge is 0.374 e. The molecule has 0 bridgehead atoms. The van der Waals surface area contributed by atoms with E-state index in [0.29, 0.717) is 0 Å². The van der Waals surface area contributed by atoms with E-state index in [0.717, 1.165) is 19.1 Å². The van der Waals surface area contributed by atoms with Crippen molar-refractivity contribution in [3.8, 4) is 0 Å². The maximum absolute atomic E-state index is 5.92. The molecule has 0 aromatic carbocycles. The molecule has 0 spiro atoms. The molecule has 2 atom stereocenters. The fourth-order valence-electron chi connectivity index (χ4n) is 2.58. The zero-order valence-corrected chi connectivity index (χ0v) is 9.23. The van der Waals surface area contributed by atoms with E-state index in [1.807, 2.05) is 7.05 Å². The van der Waals surface area contributed by atoms with E-state index in [-0.39, 0.29) is 5.60 Å². The molecule has 0 radical (unpaired) electrons. The minimum atomic E-state index is 0.140. The van der Waals surface area contributed by atoms with Crippen molar-refractivity contribution < 1.29 is 4.74 Å². The van der Waals surface area contributed by atoms with Crippen LogP contribution in [0.5, 0.6) is 0 Å². The molecule has 0 aromatic rings. The molecule has 0 amide bonds. The van der Waals surface area contributed by atoms with E-state index in [2.05, 4.69) is 19.2 Å². The Morgan fingerprint density at radius 2 is 2.31 bits per heavy atom. The van der Waals surface area contributed by atoms with E-state index in [4.69, 9.17) is 4.74 Å².